The molecule has 158 valence electrons. The van der Waals surface area contributed by atoms with Crippen molar-refractivity contribution in [3.8, 4) is 11.6 Å². The molecule has 0 fully saturated rings. The van der Waals surface area contributed by atoms with E-state index in [4.69, 9.17) is 9.47 Å². The van der Waals surface area contributed by atoms with Gasteiger partial charge in [-0.2, -0.15) is 18.3 Å². The first kappa shape index (κ1) is 21.3. The lowest BCUT2D eigenvalue weighted by Gasteiger charge is -2.11. The first-order chi connectivity index (χ1) is 14.3. The van der Waals surface area contributed by atoms with Crippen molar-refractivity contribution in [2.45, 2.75) is 13.1 Å². The third-order valence-electron chi connectivity index (χ3n) is 4.22. The third-order valence-corrected chi connectivity index (χ3v) is 4.22. The van der Waals surface area contributed by atoms with Crippen LogP contribution in [-0.4, -0.2) is 41.0 Å². The van der Waals surface area contributed by atoms with Gasteiger partial charge in [0.1, 0.15) is 12.3 Å². The number of methoxy groups -OCH3 is 1. The Morgan fingerprint density at radius 3 is 2.73 bits per heavy atom. The van der Waals surface area contributed by atoms with Gasteiger partial charge in [-0.15, -0.1) is 0 Å². The van der Waals surface area contributed by atoms with E-state index in [1.807, 2.05) is 0 Å². The molecule has 0 unspecified atom stereocenters. The second kappa shape index (κ2) is 8.95. The number of pyridine rings is 1. The standard InChI is InChI=1S/C20H19F3N4O3/c1-13-16(12-25-27(13)15-6-3-5-14(11-15)20(21,22)23)18(28)26-17-7-4-8-24-19(17)30-10-9-29-2/h3-8,11-12H,9-10H2,1-2H3,(H,26,28). The fourth-order valence-electron chi connectivity index (χ4n) is 2.72. The Bertz CT molecular complexity index is 1030. The molecule has 0 saturated carbocycles. The number of carbonyl (C=O) groups excluding carboxylic acids is 1. The molecule has 0 aliphatic heterocycles. The second-order valence-corrected chi connectivity index (χ2v) is 6.26. The number of nitrogens with zero attached hydrogens (tertiary/aromatic N) is 3. The molecule has 0 aliphatic carbocycles. The maximum atomic E-state index is 13.0. The van der Waals surface area contributed by atoms with Gasteiger partial charge in [0.25, 0.3) is 5.91 Å². The van der Waals surface area contributed by atoms with Crippen molar-refractivity contribution in [3.05, 3.63) is 65.6 Å². The molecule has 0 radical (unpaired) electrons. The van der Waals surface area contributed by atoms with Crippen LogP contribution in [0.15, 0.2) is 48.8 Å². The molecule has 0 bridgehead atoms. The Morgan fingerprint density at radius 1 is 1.20 bits per heavy atom. The largest absolute Gasteiger partial charge is 0.474 e. The Balaban J connectivity index is 1.83. The Labute approximate surface area is 170 Å². The highest BCUT2D eigenvalue weighted by Gasteiger charge is 2.30. The van der Waals surface area contributed by atoms with Crippen LogP contribution in [0.25, 0.3) is 5.69 Å². The third kappa shape index (κ3) is 4.77. The van der Waals surface area contributed by atoms with Crippen molar-refractivity contribution in [1.82, 2.24) is 14.8 Å². The molecular formula is C20H19F3N4O3. The van der Waals surface area contributed by atoms with E-state index in [-0.39, 0.29) is 23.7 Å². The average molecular weight is 420 g/mol. The van der Waals surface area contributed by atoms with Gasteiger partial charge in [-0.05, 0) is 37.3 Å². The Hall–Kier alpha value is -3.40. The lowest BCUT2D eigenvalue weighted by molar-refractivity contribution is -0.137. The molecule has 7 nitrogen and oxygen atoms in total. The number of rotatable bonds is 7. The highest BCUT2D eigenvalue weighted by molar-refractivity contribution is 6.05. The van der Waals surface area contributed by atoms with E-state index in [1.165, 1.54) is 36.3 Å². The van der Waals surface area contributed by atoms with Gasteiger partial charge in [-0.25, -0.2) is 9.67 Å². The zero-order chi connectivity index (χ0) is 21.7. The maximum Gasteiger partial charge on any atom is 0.416 e. The number of benzene rings is 1. The van der Waals surface area contributed by atoms with Crippen molar-refractivity contribution in [3.63, 3.8) is 0 Å². The van der Waals surface area contributed by atoms with Crippen LogP contribution in [0.5, 0.6) is 5.88 Å². The van der Waals surface area contributed by atoms with Crippen molar-refractivity contribution in [1.29, 1.82) is 0 Å². The lowest BCUT2D eigenvalue weighted by atomic mass is 10.2. The second-order valence-electron chi connectivity index (χ2n) is 6.26. The summed E-state index contributed by atoms with van der Waals surface area (Å²) in [6.45, 7) is 2.21. The number of anilines is 1. The molecule has 10 heteroatoms. The molecule has 0 aliphatic rings. The quantitative estimate of drug-likeness (QED) is 0.587. The fraction of sp³-hybridized carbons (Fsp3) is 0.250. The Morgan fingerprint density at radius 2 is 2.00 bits per heavy atom. The first-order valence-electron chi connectivity index (χ1n) is 8.91. The summed E-state index contributed by atoms with van der Waals surface area (Å²) in [6, 6.07) is 7.99. The van der Waals surface area contributed by atoms with Crippen LogP contribution in [0, 0.1) is 6.92 Å². The van der Waals surface area contributed by atoms with E-state index in [2.05, 4.69) is 15.4 Å². The minimum absolute atomic E-state index is 0.200. The SMILES string of the molecule is COCCOc1ncccc1NC(=O)c1cnn(-c2cccc(C(F)(F)F)c2)c1C. The summed E-state index contributed by atoms with van der Waals surface area (Å²) < 4.78 is 50.7. The van der Waals surface area contributed by atoms with Crippen LogP contribution < -0.4 is 10.1 Å². The smallest absolute Gasteiger partial charge is 0.416 e. The van der Waals surface area contributed by atoms with Crippen LogP contribution in [0.4, 0.5) is 18.9 Å². The molecule has 3 aromatic rings. The Kier molecular flexibility index (Phi) is 6.36. The number of hydrogen-bond donors (Lipinski definition) is 1. The number of nitrogens with one attached hydrogen (secondary N) is 1. The predicted molar refractivity (Wildman–Crippen MR) is 103 cm³/mol. The van der Waals surface area contributed by atoms with Crippen LogP contribution in [-0.2, 0) is 10.9 Å². The number of carbonyl (C=O) groups is 1. The number of hydrogen-bond acceptors (Lipinski definition) is 5. The molecule has 0 atom stereocenters. The molecule has 2 aromatic heterocycles. The number of ether oxygens (including phenoxy) is 2. The van der Waals surface area contributed by atoms with Gasteiger partial charge in [0.05, 0.1) is 35.3 Å². The van der Waals surface area contributed by atoms with Crippen LogP contribution in [0.3, 0.4) is 0 Å². The summed E-state index contributed by atoms with van der Waals surface area (Å²) in [4.78, 5) is 16.8. The van der Waals surface area contributed by atoms with Crippen molar-refractivity contribution in [2.24, 2.45) is 0 Å². The summed E-state index contributed by atoms with van der Waals surface area (Å²) in [7, 11) is 1.54. The summed E-state index contributed by atoms with van der Waals surface area (Å²) >= 11 is 0. The monoisotopic (exact) mass is 420 g/mol. The minimum Gasteiger partial charge on any atom is -0.474 e. The molecule has 1 aromatic carbocycles. The van der Waals surface area contributed by atoms with E-state index in [0.29, 0.717) is 18.0 Å². The van der Waals surface area contributed by atoms with E-state index in [1.54, 1.807) is 19.1 Å². The van der Waals surface area contributed by atoms with Crippen LogP contribution in [0.2, 0.25) is 0 Å². The van der Waals surface area contributed by atoms with E-state index >= 15 is 0 Å². The van der Waals surface area contributed by atoms with Gasteiger partial charge in [0.15, 0.2) is 0 Å². The van der Waals surface area contributed by atoms with Gasteiger partial charge >= 0.3 is 6.18 Å². The van der Waals surface area contributed by atoms with Crippen molar-refractivity contribution >= 4 is 11.6 Å². The van der Waals surface area contributed by atoms with E-state index in [9.17, 15) is 18.0 Å². The van der Waals surface area contributed by atoms with Crippen molar-refractivity contribution < 1.29 is 27.4 Å². The maximum absolute atomic E-state index is 13.0. The highest BCUT2D eigenvalue weighted by Crippen LogP contribution is 2.30. The zero-order valence-electron chi connectivity index (χ0n) is 16.2. The normalized spacial score (nSPS) is 11.4. The van der Waals surface area contributed by atoms with Gasteiger partial charge in [-0.1, -0.05) is 6.07 Å². The molecule has 3 rings (SSSR count). The minimum atomic E-state index is -4.48. The molecular weight excluding hydrogens is 401 g/mol. The number of aromatic nitrogens is 3. The predicted octanol–water partition coefficient (Wildman–Crippen LogP) is 3.87. The molecule has 1 N–H and O–H groups in total. The van der Waals surface area contributed by atoms with Gasteiger partial charge in [-0.3, -0.25) is 4.79 Å². The highest BCUT2D eigenvalue weighted by atomic mass is 19.4. The molecule has 30 heavy (non-hydrogen) atoms. The first-order valence-corrected chi connectivity index (χ1v) is 8.91. The van der Waals surface area contributed by atoms with Crippen molar-refractivity contribution in [2.75, 3.05) is 25.6 Å². The molecule has 0 saturated heterocycles. The number of halogens is 3. The number of amides is 1. The van der Waals surface area contributed by atoms with Gasteiger partial charge in [0.2, 0.25) is 5.88 Å². The van der Waals surface area contributed by atoms with Gasteiger partial charge < -0.3 is 14.8 Å². The fourth-order valence-corrected chi connectivity index (χ4v) is 2.72. The summed E-state index contributed by atoms with van der Waals surface area (Å²) in [5, 5.41) is 6.77. The number of alkyl halides is 3. The molecule has 0 spiro atoms. The van der Waals surface area contributed by atoms with E-state index in [0.717, 1.165) is 12.1 Å². The van der Waals surface area contributed by atoms with Crippen LogP contribution >= 0.6 is 0 Å². The molecule has 2 heterocycles. The zero-order valence-corrected chi connectivity index (χ0v) is 16.2. The summed E-state index contributed by atoms with van der Waals surface area (Å²) in [5.41, 5.74) is 0.349. The van der Waals surface area contributed by atoms with E-state index < -0.39 is 17.6 Å². The average Bonchev–Trinajstić information content (AvgIpc) is 3.10. The van der Waals surface area contributed by atoms with Gasteiger partial charge in [0, 0.05) is 13.3 Å². The summed E-state index contributed by atoms with van der Waals surface area (Å²) in [5.74, 6) is -0.263. The lowest BCUT2D eigenvalue weighted by Crippen LogP contribution is -2.15. The van der Waals surface area contributed by atoms with Crippen LogP contribution in [0.1, 0.15) is 21.6 Å². The summed E-state index contributed by atoms with van der Waals surface area (Å²) in [6.07, 6.45) is -1.65. The topological polar surface area (TPSA) is 78.3 Å². The molecule has 1 amide bonds.